The molecule has 22 heavy (non-hydrogen) atoms. The third kappa shape index (κ3) is 4.45. The fraction of sp³-hybridized carbons (Fsp3) is 0.357. The molecule has 3 amide bonds. The lowest BCUT2D eigenvalue weighted by Gasteiger charge is -2.20. The quantitative estimate of drug-likeness (QED) is 0.867. The molecular formula is C14H16FN3O3S. The van der Waals surface area contributed by atoms with Crippen molar-refractivity contribution in [2.75, 3.05) is 37.1 Å². The Kier molecular flexibility index (Phi) is 5.37. The molecule has 0 aliphatic carbocycles. The van der Waals surface area contributed by atoms with E-state index < -0.39 is 5.82 Å². The van der Waals surface area contributed by atoms with Gasteiger partial charge in [-0.3, -0.25) is 14.4 Å². The molecule has 1 aromatic rings. The first-order chi connectivity index (χ1) is 10.5. The highest BCUT2D eigenvalue weighted by molar-refractivity contribution is 8.00. The third-order valence-electron chi connectivity index (χ3n) is 3.09. The summed E-state index contributed by atoms with van der Waals surface area (Å²) in [6.07, 6.45) is 0. The first kappa shape index (κ1) is 16.3. The van der Waals surface area contributed by atoms with Gasteiger partial charge in [-0.2, -0.15) is 0 Å². The summed E-state index contributed by atoms with van der Waals surface area (Å²) >= 11 is 1.46. The molecule has 1 N–H and O–H groups in total. The number of hydrogen-bond acceptors (Lipinski definition) is 4. The standard InChI is InChI=1S/C14H16FN3O3S/c1-17(13(20)7-18-9-22-8-14(18)21)6-12(19)16-11-4-2-10(15)3-5-11/h2-5H,6-9H2,1H3,(H,16,19). The molecule has 1 aromatic carbocycles. The number of nitrogens with one attached hydrogen (secondary N) is 1. The average molecular weight is 325 g/mol. The number of likely N-dealkylation sites (N-methyl/N-ethyl adjacent to an activating group) is 1. The molecule has 1 saturated heterocycles. The molecule has 1 heterocycles. The number of benzene rings is 1. The zero-order chi connectivity index (χ0) is 16.1. The molecular weight excluding hydrogens is 309 g/mol. The van der Waals surface area contributed by atoms with Crippen molar-refractivity contribution in [1.82, 2.24) is 9.80 Å². The fourth-order valence-electron chi connectivity index (χ4n) is 1.86. The second-order valence-electron chi connectivity index (χ2n) is 4.87. The molecule has 0 bridgehead atoms. The molecule has 1 aliphatic heterocycles. The van der Waals surface area contributed by atoms with Crippen LogP contribution in [0, 0.1) is 5.82 Å². The van der Waals surface area contributed by atoms with E-state index in [9.17, 15) is 18.8 Å². The summed E-state index contributed by atoms with van der Waals surface area (Å²) in [5.41, 5.74) is 0.457. The van der Waals surface area contributed by atoms with Crippen LogP contribution >= 0.6 is 11.8 Å². The van der Waals surface area contributed by atoms with Crippen molar-refractivity contribution in [1.29, 1.82) is 0 Å². The third-order valence-corrected chi connectivity index (χ3v) is 4.03. The highest BCUT2D eigenvalue weighted by Crippen LogP contribution is 2.14. The molecule has 0 radical (unpaired) electrons. The van der Waals surface area contributed by atoms with Crippen LogP contribution in [-0.2, 0) is 14.4 Å². The summed E-state index contributed by atoms with van der Waals surface area (Å²) in [7, 11) is 1.50. The second kappa shape index (κ2) is 7.26. The van der Waals surface area contributed by atoms with Gasteiger partial charge < -0.3 is 15.1 Å². The summed E-state index contributed by atoms with van der Waals surface area (Å²) in [5.74, 6) is -0.252. The maximum absolute atomic E-state index is 12.8. The van der Waals surface area contributed by atoms with Gasteiger partial charge in [-0.25, -0.2) is 4.39 Å². The van der Waals surface area contributed by atoms with Crippen molar-refractivity contribution in [2.24, 2.45) is 0 Å². The molecule has 6 nitrogen and oxygen atoms in total. The maximum Gasteiger partial charge on any atom is 0.243 e. The van der Waals surface area contributed by atoms with Gasteiger partial charge in [0.2, 0.25) is 17.7 Å². The number of anilines is 1. The van der Waals surface area contributed by atoms with Gasteiger partial charge in [0.15, 0.2) is 0 Å². The average Bonchev–Trinajstić information content (AvgIpc) is 2.86. The topological polar surface area (TPSA) is 69.7 Å². The molecule has 0 saturated carbocycles. The lowest BCUT2D eigenvalue weighted by atomic mass is 10.3. The van der Waals surface area contributed by atoms with Gasteiger partial charge in [0.1, 0.15) is 12.4 Å². The first-order valence-electron chi connectivity index (χ1n) is 6.60. The highest BCUT2D eigenvalue weighted by Gasteiger charge is 2.24. The van der Waals surface area contributed by atoms with Crippen molar-refractivity contribution in [2.45, 2.75) is 0 Å². The number of carbonyl (C=O) groups excluding carboxylic acids is 3. The second-order valence-corrected chi connectivity index (χ2v) is 5.83. The van der Waals surface area contributed by atoms with E-state index in [1.165, 1.54) is 52.9 Å². The Balaban J connectivity index is 1.81. The predicted molar refractivity (Wildman–Crippen MR) is 81.7 cm³/mol. The Hall–Kier alpha value is -2.09. The first-order valence-corrected chi connectivity index (χ1v) is 7.76. The van der Waals surface area contributed by atoms with E-state index in [1.54, 1.807) is 0 Å². The molecule has 1 fully saturated rings. The van der Waals surface area contributed by atoms with Gasteiger partial charge in [0.05, 0.1) is 18.2 Å². The number of thioether (sulfide) groups is 1. The monoisotopic (exact) mass is 325 g/mol. The number of hydrogen-bond donors (Lipinski definition) is 1. The van der Waals surface area contributed by atoms with Gasteiger partial charge >= 0.3 is 0 Å². The van der Waals surface area contributed by atoms with Crippen LogP contribution in [0.15, 0.2) is 24.3 Å². The van der Waals surface area contributed by atoms with Crippen LogP contribution in [-0.4, -0.2) is 59.3 Å². The summed E-state index contributed by atoms with van der Waals surface area (Å²) in [5, 5.41) is 2.57. The summed E-state index contributed by atoms with van der Waals surface area (Å²) in [6.45, 7) is -0.155. The molecule has 0 spiro atoms. The lowest BCUT2D eigenvalue weighted by Crippen LogP contribution is -2.42. The number of carbonyl (C=O) groups is 3. The minimum atomic E-state index is -0.390. The molecule has 0 unspecified atom stereocenters. The summed E-state index contributed by atoms with van der Waals surface area (Å²) < 4.78 is 12.8. The van der Waals surface area contributed by atoms with Gasteiger partial charge in [-0.05, 0) is 24.3 Å². The number of nitrogens with zero attached hydrogens (tertiary/aromatic N) is 2. The van der Waals surface area contributed by atoms with Crippen molar-refractivity contribution in [3.05, 3.63) is 30.1 Å². The van der Waals surface area contributed by atoms with Crippen molar-refractivity contribution in [3.63, 3.8) is 0 Å². The molecule has 0 aromatic heterocycles. The van der Waals surface area contributed by atoms with Crippen LogP contribution in [0.3, 0.4) is 0 Å². The van der Waals surface area contributed by atoms with E-state index in [2.05, 4.69) is 5.32 Å². The normalized spacial score (nSPS) is 14.1. The number of halogens is 1. The van der Waals surface area contributed by atoms with Gasteiger partial charge in [-0.15, -0.1) is 11.8 Å². The molecule has 1 aliphatic rings. The Morgan fingerprint density at radius 1 is 1.36 bits per heavy atom. The largest absolute Gasteiger partial charge is 0.335 e. The van der Waals surface area contributed by atoms with E-state index in [0.29, 0.717) is 17.3 Å². The Labute approximate surface area is 131 Å². The lowest BCUT2D eigenvalue weighted by molar-refractivity contribution is -0.138. The highest BCUT2D eigenvalue weighted by atomic mass is 32.2. The SMILES string of the molecule is CN(CC(=O)Nc1ccc(F)cc1)C(=O)CN1CSCC1=O. The van der Waals surface area contributed by atoms with Crippen molar-refractivity contribution >= 4 is 35.2 Å². The van der Waals surface area contributed by atoms with Crippen molar-refractivity contribution in [3.8, 4) is 0 Å². The van der Waals surface area contributed by atoms with E-state index in [0.717, 1.165) is 0 Å². The van der Waals surface area contributed by atoms with Crippen LogP contribution in [0.2, 0.25) is 0 Å². The summed E-state index contributed by atoms with van der Waals surface area (Å²) in [4.78, 5) is 38.0. The Morgan fingerprint density at radius 2 is 2.05 bits per heavy atom. The van der Waals surface area contributed by atoms with E-state index >= 15 is 0 Å². The molecule has 118 valence electrons. The maximum atomic E-state index is 12.8. The fourth-order valence-corrected chi connectivity index (χ4v) is 2.77. The van der Waals surface area contributed by atoms with Crippen LogP contribution in [0.5, 0.6) is 0 Å². The number of amides is 3. The minimum absolute atomic E-state index is 0.0217. The van der Waals surface area contributed by atoms with Gasteiger partial charge in [-0.1, -0.05) is 0 Å². The molecule has 0 atom stereocenters. The Bertz CT molecular complexity index is 579. The van der Waals surface area contributed by atoms with Gasteiger partial charge in [0.25, 0.3) is 0 Å². The van der Waals surface area contributed by atoms with Crippen LogP contribution in [0.1, 0.15) is 0 Å². The van der Waals surface area contributed by atoms with Gasteiger partial charge in [0, 0.05) is 12.7 Å². The minimum Gasteiger partial charge on any atom is -0.335 e. The van der Waals surface area contributed by atoms with E-state index in [4.69, 9.17) is 0 Å². The molecule has 8 heteroatoms. The van der Waals surface area contributed by atoms with Crippen molar-refractivity contribution < 1.29 is 18.8 Å². The van der Waals surface area contributed by atoms with Crippen LogP contribution in [0.4, 0.5) is 10.1 Å². The zero-order valence-corrected chi connectivity index (χ0v) is 12.9. The zero-order valence-electron chi connectivity index (χ0n) is 12.0. The predicted octanol–water partition coefficient (Wildman–Crippen LogP) is 0.755. The van der Waals surface area contributed by atoms with Crippen LogP contribution < -0.4 is 5.32 Å². The van der Waals surface area contributed by atoms with Crippen LogP contribution in [0.25, 0.3) is 0 Å². The summed E-state index contributed by atoms with van der Waals surface area (Å²) in [6, 6.07) is 5.35. The Morgan fingerprint density at radius 3 is 2.64 bits per heavy atom. The smallest absolute Gasteiger partial charge is 0.243 e. The van der Waals surface area contributed by atoms with E-state index in [-0.39, 0.29) is 30.8 Å². The molecule has 2 rings (SSSR count). The number of rotatable bonds is 5. The van der Waals surface area contributed by atoms with E-state index in [1.807, 2.05) is 0 Å².